The third-order valence-electron chi connectivity index (χ3n) is 4.55. The van der Waals surface area contributed by atoms with Gasteiger partial charge in [-0.25, -0.2) is 4.39 Å². The van der Waals surface area contributed by atoms with Crippen molar-refractivity contribution < 1.29 is 13.7 Å². The molecule has 9 heteroatoms. The first kappa shape index (κ1) is 22.3. The molecule has 1 aliphatic rings. The molecule has 1 saturated heterocycles. The molecule has 28 heavy (non-hydrogen) atoms. The van der Waals surface area contributed by atoms with Gasteiger partial charge in [0.2, 0.25) is 17.6 Å². The van der Waals surface area contributed by atoms with Crippen LogP contribution in [0.2, 0.25) is 0 Å². The quantitative estimate of drug-likeness (QED) is 0.614. The van der Waals surface area contributed by atoms with Crippen LogP contribution in [0.5, 0.6) is 0 Å². The molecule has 2 N–H and O–H groups in total. The SMILES string of the molecule is Cl.O=C(CCCc1nc(-c2ccc(F)cc2)no1)NCCCN1CCNCC1. The van der Waals surface area contributed by atoms with Crippen LogP contribution in [0, 0.1) is 5.82 Å². The van der Waals surface area contributed by atoms with Crippen molar-refractivity contribution in [2.75, 3.05) is 39.3 Å². The summed E-state index contributed by atoms with van der Waals surface area (Å²) >= 11 is 0. The highest BCUT2D eigenvalue weighted by molar-refractivity contribution is 5.85. The summed E-state index contributed by atoms with van der Waals surface area (Å²) in [5, 5.41) is 10.2. The molecule has 1 amide bonds. The molecular weight excluding hydrogens is 385 g/mol. The summed E-state index contributed by atoms with van der Waals surface area (Å²) in [6, 6.07) is 5.94. The van der Waals surface area contributed by atoms with E-state index in [4.69, 9.17) is 4.52 Å². The maximum absolute atomic E-state index is 12.9. The van der Waals surface area contributed by atoms with Gasteiger partial charge in [-0.3, -0.25) is 4.79 Å². The average molecular weight is 412 g/mol. The molecule has 0 radical (unpaired) electrons. The van der Waals surface area contributed by atoms with Crippen molar-refractivity contribution in [2.45, 2.75) is 25.7 Å². The Balaban J connectivity index is 0.00000280. The van der Waals surface area contributed by atoms with Crippen molar-refractivity contribution in [2.24, 2.45) is 0 Å². The molecule has 0 aliphatic carbocycles. The summed E-state index contributed by atoms with van der Waals surface area (Å²) in [7, 11) is 0. The van der Waals surface area contributed by atoms with Gasteiger partial charge in [0.05, 0.1) is 0 Å². The average Bonchev–Trinajstić information content (AvgIpc) is 3.15. The molecule has 2 aromatic rings. The minimum atomic E-state index is -0.304. The molecule has 0 unspecified atom stereocenters. The second kappa shape index (κ2) is 11.7. The topological polar surface area (TPSA) is 83.3 Å². The van der Waals surface area contributed by atoms with Gasteiger partial charge >= 0.3 is 0 Å². The van der Waals surface area contributed by atoms with Crippen LogP contribution in [0.25, 0.3) is 11.4 Å². The number of hydrogen-bond acceptors (Lipinski definition) is 6. The van der Waals surface area contributed by atoms with Gasteiger partial charge in [0.25, 0.3) is 0 Å². The standard InChI is InChI=1S/C19H26FN5O2.ClH/c20-16-7-5-15(6-8-16)19-23-18(27-24-19)4-1-3-17(26)22-9-2-12-25-13-10-21-11-14-25;/h5-8,21H,1-4,9-14H2,(H,22,26);1H. The highest BCUT2D eigenvalue weighted by Gasteiger charge is 2.11. The number of nitrogens with one attached hydrogen (secondary N) is 2. The molecule has 1 fully saturated rings. The maximum Gasteiger partial charge on any atom is 0.226 e. The Kier molecular flexibility index (Phi) is 9.33. The van der Waals surface area contributed by atoms with Crippen LogP contribution < -0.4 is 10.6 Å². The molecule has 2 heterocycles. The molecule has 0 atom stereocenters. The summed E-state index contributed by atoms with van der Waals surface area (Å²) in [5.74, 6) is 0.665. The number of carbonyl (C=O) groups is 1. The number of rotatable bonds is 9. The van der Waals surface area contributed by atoms with Gasteiger partial charge in [-0.2, -0.15) is 4.98 Å². The van der Waals surface area contributed by atoms with E-state index in [1.54, 1.807) is 12.1 Å². The fraction of sp³-hybridized carbons (Fsp3) is 0.526. The zero-order chi connectivity index (χ0) is 18.9. The highest BCUT2D eigenvalue weighted by atomic mass is 35.5. The lowest BCUT2D eigenvalue weighted by atomic mass is 10.2. The number of hydrogen-bond donors (Lipinski definition) is 2. The van der Waals surface area contributed by atoms with E-state index in [0.29, 0.717) is 43.1 Å². The van der Waals surface area contributed by atoms with E-state index in [0.717, 1.165) is 39.1 Å². The summed E-state index contributed by atoms with van der Waals surface area (Å²) in [6.45, 7) is 5.99. The van der Waals surface area contributed by atoms with Crippen LogP contribution in [-0.2, 0) is 11.2 Å². The number of piperazine rings is 1. The number of nitrogens with zero attached hydrogens (tertiary/aromatic N) is 3. The summed E-state index contributed by atoms with van der Waals surface area (Å²) in [5.41, 5.74) is 0.702. The second-order valence-corrected chi connectivity index (χ2v) is 6.67. The first-order chi connectivity index (χ1) is 13.2. The van der Waals surface area contributed by atoms with Crippen LogP contribution in [0.15, 0.2) is 28.8 Å². The van der Waals surface area contributed by atoms with E-state index in [-0.39, 0.29) is 24.1 Å². The molecule has 0 saturated carbocycles. The molecule has 3 rings (SSSR count). The van der Waals surface area contributed by atoms with Gasteiger partial charge in [0.15, 0.2) is 0 Å². The lowest BCUT2D eigenvalue weighted by Gasteiger charge is -2.27. The van der Waals surface area contributed by atoms with Gasteiger partial charge in [0, 0.05) is 51.1 Å². The Hall–Kier alpha value is -2.03. The fourth-order valence-corrected chi connectivity index (χ4v) is 3.03. The van der Waals surface area contributed by atoms with E-state index in [2.05, 4.69) is 25.7 Å². The predicted molar refractivity (Wildman–Crippen MR) is 107 cm³/mol. The second-order valence-electron chi connectivity index (χ2n) is 6.67. The Labute approximate surface area is 170 Å². The first-order valence-corrected chi connectivity index (χ1v) is 9.49. The number of halogens is 2. The van der Waals surface area contributed by atoms with Crippen molar-refractivity contribution in [3.63, 3.8) is 0 Å². The Bertz CT molecular complexity index is 719. The van der Waals surface area contributed by atoms with Crippen LogP contribution in [0.3, 0.4) is 0 Å². The highest BCUT2D eigenvalue weighted by Crippen LogP contribution is 2.16. The predicted octanol–water partition coefficient (Wildman–Crippen LogP) is 2.03. The van der Waals surface area contributed by atoms with Crippen molar-refractivity contribution in [1.29, 1.82) is 0 Å². The molecule has 1 aromatic heterocycles. The molecule has 0 spiro atoms. The molecular formula is C19H27ClFN5O2. The number of benzene rings is 1. The Morgan fingerprint density at radius 3 is 2.71 bits per heavy atom. The minimum Gasteiger partial charge on any atom is -0.356 e. The van der Waals surface area contributed by atoms with Gasteiger partial charge in [-0.05, 0) is 43.7 Å². The molecule has 154 valence electrons. The minimum absolute atomic E-state index is 0. The monoisotopic (exact) mass is 411 g/mol. The summed E-state index contributed by atoms with van der Waals surface area (Å²) < 4.78 is 18.1. The van der Waals surface area contributed by atoms with Crippen molar-refractivity contribution in [3.8, 4) is 11.4 Å². The van der Waals surface area contributed by atoms with E-state index < -0.39 is 0 Å². The van der Waals surface area contributed by atoms with E-state index in [9.17, 15) is 9.18 Å². The van der Waals surface area contributed by atoms with Crippen LogP contribution in [-0.4, -0.2) is 60.2 Å². The normalized spacial score (nSPS) is 14.5. The third-order valence-corrected chi connectivity index (χ3v) is 4.55. The van der Waals surface area contributed by atoms with Crippen molar-refractivity contribution in [3.05, 3.63) is 36.0 Å². The van der Waals surface area contributed by atoms with Gasteiger partial charge in [0.1, 0.15) is 5.82 Å². The van der Waals surface area contributed by atoms with E-state index >= 15 is 0 Å². The molecule has 1 aromatic carbocycles. The fourth-order valence-electron chi connectivity index (χ4n) is 3.03. The number of amides is 1. The molecule has 0 bridgehead atoms. The van der Waals surface area contributed by atoms with E-state index in [1.165, 1.54) is 12.1 Å². The Morgan fingerprint density at radius 2 is 1.96 bits per heavy atom. The lowest BCUT2D eigenvalue weighted by molar-refractivity contribution is -0.121. The largest absolute Gasteiger partial charge is 0.356 e. The molecule has 1 aliphatic heterocycles. The maximum atomic E-state index is 12.9. The van der Waals surface area contributed by atoms with Crippen LogP contribution in [0.4, 0.5) is 4.39 Å². The van der Waals surface area contributed by atoms with Gasteiger partial charge < -0.3 is 20.1 Å². The zero-order valence-electron chi connectivity index (χ0n) is 15.8. The summed E-state index contributed by atoms with van der Waals surface area (Å²) in [6.07, 6.45) is 2.59. The zero-order valence-corrected chi connectivity index (χ0v) is 16.6. The Morgan fingerprint density at radius 1 is 1.21 bits per heavy atom. The van der Waals surface area contributed by atoms with E-state index in [1.807, 2.05) is 0 Å². The third kappa shape index (κ3) is 7.18. The first-order valence-electron chi connectivity index (χ1n) is 9.49. The lowest BCUT2D eigenvalue weighted by Crippen LogP contribution is -2.44. The van der Waals surface area contributed by atoms with Crippen LogP contribution in [0.1, 0.15) is 25.2 Å². The van der Waals surface area contributed by atoms with Gasteiger partial charge in [-0.1, -0.05) is 5.16 Å². The number of aromatic nitrogens is 2. The summed E-state index contributed by atoms with van der Waals surface area (Å²) in [4.78, 5) is 18.6. The van der Waals surface area contributed by atoms with Gasteiger partial charge in [-0.15, -0.1) is 12.4 Å². The number of aryl methyl sites for hydroxylation is 1. The van der Waals surface area contributed by atoms with Crippen molar-refractivity contribution >= 4 is 18.3 Å². The number of carbonyl (C=O) groups excluding carboxylic acids is 1. The van der Waals surface area contributed by atoms with Crippen molar-refractivity contribution in [1.82, 2.24) is 25.7 Å². The molecule has 7 nitrogen and oxygen atoms in total. The smallest absolute Gasteiger partial charge is 0.226 e. The van der Waals surface area contributed by atoms with Crippen LogP contribution >= 0.6 is 12.4 Å².